The maximum atomic E-state index is 12.5. The molecule has 0 saturated carbocycles. The number of hydrogen-bond donors (Lipinski definition) is 0. The van der Waals surface area contributed by atoms with Crippen molar-refractivity contribution < 1.29 is 19.2 Å². The van der Waals surface area contributed by atoms with E-state index in [4.69, 9.17) is 27.9 Å². The van der Waals surface area contributed by atoms with Gasteiger partial charge in [0.05, 0.1) is 21.4 Å². The predicted molar refractivity (Wildman–Crippen MR) is 108 cm³/mol. The minimum atomic E-state index is -0.614. The van der Waals surface area contributed by atoms with E-state index < -0.39 is 16.1 Å². The highest BCUT2D eigenvalue weighted by Gasteiger charge is 2.35. The number of benzene rings is 2. The summed E-state index contributed by atoms with van der Waals surface area (Å²) in [7, 11) is 0. The molecule has 0 N–H and O–H groups in total. The molecule has 7 nitrogen and oxygen atoms in total. The van der Waals surface area contributed by atoms with Crippen LogP contribution in [0.2, 0.25) is 10.0 Å². The molecule has 2 amide bonds. The number of rotatable bonds is 6. The lowest BCUT2D eigenvalue weighted by atomic mass is 10.2. The predicted octanol–water partition coefficient (Wildman–Crippen LogP) is 5.02. The average molecular weight is 439 g/mol. The highest BCUT2D eigenvalue weighted by Crippen LogP contribution is 2.33. The second-order valence-electron chi connectivity index (χ2n) is 5.58. The number of nitrogens with zero attached hydrogens (tertiary/aromatic N) is 2. The molecule has 2 aromatic rings. The maximum absolute atomic E-state index is 12.5. The van der Waals surface area contributed by atoms with E-state index in [-0.39, 0.29) is 28.8 Å². The molecule has 1 aliphatic heterocycles. The van der Waals surface area contributed by atoms with Crippen LogP contribution in [0.15, 0.2) is 47.4 Å². The summed E-state index contributed by atoms with van der Waals surface area (Å²) in [6.45, 7) is 0.134. The van der Waals surface area contributed by atoms with E-state index in [1.54, 1.807) is 24.3 Å². The Morgan fingerprint density at radius 1 is 1.14 bits per heavy atom. The average Bonchev–Trinajstić information content (AvgIpc) is 2.92. The zero-order valence-electron chi connectivity index (χ0n) is 14.1. The van der Waals surface area contributed by atoms with Crippen LogP contribution in [0, 0.1) is 10.1 Å². The first kappa shape index (κ1) is 20.2. The number of carbonyl (C=O) groups excluding carboxylic acids is 2. The summed E-state index contributed by atoms with van der Waals surface area (Å²) in [5.41, 5.74) is 0.122. The van der Waals surface area contributed by atoms with Gasteiger partial charge in [0.2, 0.25) is 0 Å². The molecule has 0 aliphatic carbocycles. The van der Waals surface area contributed by atoms with E-state index >= 15 is 0 Å². The third kappa shape index (κ3) is 4.46. The van der Waals surface area contributed by atoms with Crippen molar-refractivity contribution in [3.8, 4) is 5.75 Å². The van der Waals surface area contributed by atoms with Crippen molar-refractivity contribution >= 4 is 57.9 Å². The number of hydrogen-bond acceptors (Lipinski definition) is 6. The van der Waals surface area contributed by atoms with Crippen molar-refractivity contribution in [2.45, 2.75) is 0 Å². The second kappa shape index (κ2) is 8.64. The Kier molecular flexibility index (Phi) is 6.23. The molecule has 1 heterocycles. The molecular weight excluding hydrogens is 427 g/mol. The third-order valence-electron chi connectivity index (χ3n) is 3.75. The van der Waals surface area contributed by atoms with Crippen LogP contribution in [0.1, 0.15) is 5.56 Å². The lowest BCUT2D eigenvalue weighted by molar-refractivity contribution is -0.384. The van der Waals surface area contributed by atoms with Crippen molar-refractivity contribution in [2.24, 2.45) is 0 Å². The molecule has 0 aromatic heterocycles. The van der Waals surface area contributed by atoms with Gasteiger partial charge in [-0.3, -0.25) is 24.6 Å². The number of imide groups is 1. The van der Waals surface area contributed by atoms with Crippen molar-refractivity contribution in [2.75, 3.05) is 13.2 Å². The number of amides is 2. The minimum Gasteiger partial charge on any atom is -0.490 e. The fourth-order valence-electron chi connectivity index (χ4n) is 2.41. The fourth-order valence-corrected chi connectivity index (χ4v) is 3.65. The van der Waals surface area contributed by atoms with Crippen LogP contribution in [0.3, 0.4) is 0 Å². The first-order valence-corrected chi connectivity index (χ1v) is 9.50. The van der Waals surface area contributed by atoms with E-state index in [9.17, 15) is 19.7 Å². The van der Waals surface area contributed by atoms with E-state index in [1.165, 1.54) is 24.3 Å². The number of nitro benzene ring substituents is 1. The van der Waals surface area contributed by atoms with Crippen LogP contribution in [0.25, 0.3) is 6.08 Å². The number of carbonyl (C=O) groups is 2. The van der Waals surface area contributed by atoms with Crippen molar-refractivity contribution in [1.82, 2.24) is 4.90 Å². The molecule has 1 fully saturated rings. The number of para-hydroxylation sites is 1. The van der Waals surface area contributed by atoms with Crippen molar-refractivity contribution in [3.05, 3.63) is 73.1 Å². The summed E-state index contributed by atoms with van der Waals surface area (Å²) >= 11 is 12.5. The highest BCUT2D eigenvalue weighted by molar-refractivity contribution is 8.18. The third-order valence-corrected chi connectivity index (χ3v) is 5.29. The van der Waals surface area contributed by atoms with Crippen molar-refractivity contribution in [3.63, 3.8) is 0 Å². The van der Waals surface area contributed by atoms with Crippen LogP contribution in [0.5, 0.6) is 5.75 Å². The zero-order chi connectivity index (χ0) is 20.3. The Labute approximate surface area is 174 Å². The van der Waals surface area contributed by atoms with E-state index in [2.05, 4.69) is 0 Å². The van der Waals surface area contributed by atoms with Gasteiger partial charge in [-0.2, -0.15) is 0 Å². The van der Waals surface area contributed by atoms with Gasteiger partial charge in [0, 0.05) is 6.07 Å². The number of ether oxygens (including phenoxy) is 1. The van der Waals surface area contributed by atoms with Gasteiger partial charge in [-0.15, -0.1) is 0 Å². The summed E-state index contributed by atoms with van der Waals surface area (Å²) in [5, 5.41) is 11.0. The summed E-state index contributed by atoms with van der Waals surface area (Å²) in [6.07, 6.45) is 1.42. The summed E-state index contributed by atoms with van der Waals surface area (Å²) in [6, 6.07) is 11.0. The molecule has 0 atom stereocenters. The smallest absolute Gasteiger partial charge is 0.293 e. The van der Waals surface area contributed by atoms with Crippen LogP contribution in [-0.4, -0.2) is 34.1 Å². The molecule has 1 saturated heterocycles. The number of thioether (sulfide) groups is 1. The summed E-state index contributed by atoms with van der Waals surface area (Å²) < 4.78 is 5.51. The Morgan fingerprint density at radius 2 is 1.89 bits per heavy atom. The van der Waals surface area contributed by atoms with Crippen LogP contribution < -0.4 is 4.74 Å². The minimum absolute atomic E-state index is 0.00743. The van der Waals surface area contributed by atoms with Gasteiger partial charge in [0.25, 0.3) is 16.8 Å². The zero-order valence-corrected chi connectivity index (χ0v) is 16.5. The van der Waals surface area contributed by atoms with Crippen LogP contribution in [-0.2, 0) is 4.79 Å². The number of nitro groups is 1. The topological polar surface area (TPSA) is 89.8 Å². The number of halogens is 2. The SMILES string of the molecule is O=C1S/C(=C\c2ccc(Cl)c([N+](=O)[O-])c2)C(=O)N1CCOc1ccccc1Cl. The van der Waals surface area contributed by atoms with Gasteiger partial charge in [0.1, 0.15) is 17.4 Å². The van der Waals surface area contributed by atoms with Gasteiger partial charge in [-0.05, 0) is 41.6 Å². The Bertz CT molecular complexity index is 996. The molecule has 10 heteroatoms. The fraction of sp³-hybridized carbons (Fsp3) is 0.111. The second-order valence-corrected chi connectivity index (χ2v) is 7.39. The van der Waals surface area contributed by atoms with Crippen molar-refractivity contribution in [1.29, 1.82) is 0 Å². The monoisotopic (exact) mass is 438 g/mol. The van der Waals surface area contributed by atoms with Gasteiger partial charge in [-0.1, -0.05) is 41.4 Å². The standard InChI is InChI=1S/C18H12Cl2N2O5S/c19-12-6-5-11(9-14(12)22(25)26)10-16-17(23)21(18(24)28-16)7-8-27-15-4-2-1-3-13(15)20/h1-6,9-10H,7-8H2/b16-10-. The lowest BCUT2D eigenvalue weighted by Gasteiger charge is -2.13. The van der Waals surface area contributed by atoms with E-state index in [0.29, 0.717) is 16.3 Å². The first-order chi connectivity index (χ1) is 13.4. The summed E-state index contributed by atoms with van der Waals surface area (Å²) in [5.74, 6) is -0.0319. The molecule has 0 bridgehead atoms. The van der Waals surface area contributed by atoms with E-state index in [0.717, 1.165) is 16.7 Å². The first-order valence-electron chi connectivity index (χ1n) is 7.93. The summed E-state index contributed by atoms with van der Waals surface area (Å²) in [4.78, 5) is 36.2. The van der Waals surface area contributed by atoms with Gasteiger partial charge >= 0.3 is 0 Å². The molecular formula is C18H12Cl2N2O5S. The largest absolute Gasteiger partial charge is 0.490 e. The van der Waals surface area contributed by atoms with Gasteiger partial charge in [-0.25, -0.2) is 0 Å². The molecule has 1 aliphatic rings. The maximum Gasteiger partial charge on any atom is 0.293 e. The Morgan fingerprint density at radius 3 is 2.61 bits per heavy atom. The lowest BCUT2D eigenvalue weighted by Crippen LogP contribution is -2.32. The molecule has 144 valence electrons. The molecule has 0 radical (unpaired) electrons. The van der Waals surface area contributed by atoms with Crippen LogP contribution >= 0.6 is 35.0 Å². The van der Waals surface area contributed by atoms with Gasteiger partial charge < -0.3 is 4.74 Å². The molecule has 0 unspecified atom stereocenters. The molecule has 2 aromatic carbocycles. The molecule has 28 heavy (non-hydrogen) atoms. The van der Waals surface area contributed by atoms with Gasteiger partial charge in [0.15, 0.2) is 0 Å². The molecule has 0 spiro atoms. The normalized spacial score (nSPS) is 15.4. The Balaban J connectivity index is 1.69. The highest BCUT2D eigenvalue weighted by atomic mass is 35.5. The Hall–Kier alpha value is -2.55. The van der Waals surface area contributed by atoms with E-state index in [1.807, 2.05) is 0 Å². The van der Waals surface area contributed by atoms with Crippen LogP contribution in [0.4, 0.5) is 10.5 Å². The quantitative estimate of drug-likeness (QED) is 0.357. The molecule has 3 rings (SSSR count).